The highest BCUT2D eigenvalue weighted by atomic mass is 79.9. The van der Waals surface area contributed by atoms with Gasteiger partial charge in [0.25, 0.3) is 0 Å². The average molecular weight is 406 g/mol. The number of halogens is 2. The number of hydrogen-bond acceptors (Lipinski definition) is 2. The van der Waals surface area contributed by atoms with Gasteiger partial charge in [0.15, 0.2) is 5.16 Å². The Morgan fingerprint density at radius 3 is 2.70 bits per heavy atom. The van der Waals surface area contributed by atoms with Crippen LogP contribution in [0.3, 0.4) is 0 Å². The largest absolute Gasteiger partial charge is 0.287 e. The van der Waals surface area contributed by atoms with Crippen LogP contribution in [0.15, 0.2) is 77.0 Å². The molecule has 0 saturated carbocycles. The zero-order chi connectivity index (χ0) is 16.2. The van der Waals surface area contributed by atoms with E-state index in [0.717, 1.165) is 32.3 Å². The number of hydrogen-bond donors (Lipinski definition) is 0. The van der Waals surface area contributed by atoms with E-state index in [-0.39, 0.29) is 0 Å². The fourth-order valence-corrected chi connectivity index (χ4v) is 3.44. The highest BCUT2D eigenvalue weighted by molar-refractivity contribution is 9.10. The third kappa shape index (κ3) is 3.71. The van der Waals surface area contributed by atoms with E-state index in [1.54, 1.807) is 11.8 Å². The Morgan fingerprint density at radius 2 is 2.00 bits per heavy atom. The normalized spacial score (nSPS) is 10.7. The van der Waals surface area contributed by atoms with Gasteiger partial charge in [-0.3, -0.25) is 4.57 Å². The molecule has 0 unspecified atom stereocenters. The number of imidazole rings is 1. The van der Waals surface area contributed by atoms with Crippen LogP contribution in [0.25, 0.3) is 16.9 Å². The summed E-state index contributed by atoms with van der Waals surface area (Å²) in [4.78, 5) is 4.58. The number of rotatable bonds is 5. The van der Waals surface area contributed by atoms with Gasteiger partial charge in [0, 0.05) is 26.5 Å². The van der Waals surface area contributed by atoms with Crippen molar-refractivity contribution in [1.29, 1.82) is 0 Å². The Balaban J connectivity index is 2.14. The van der Waals surface area contributed by atoms with Gasteiger partial charge in [-0.1, -0.05) is 63.6 Å². The fraction of sp³-hybridized carbons (Fsp3) is 0.0556. The minimum Gasteiger partial charge on any atom is -0.287 e. The summed E-state index contributed by atoms with van der Waals surface area (Å²) in [6.45, 7) is 3.78. The minimum atomic E-state index is 0.706. The Bertz CT molecular complexity index is 827. The lowest BCUT2D eigenvalue weighted by molar-refractivity contribution is 0.902. The molecule has 0 aliphatic rings. The molecule has 0 N–H and O–H groups in total. The van der Waals surface area contributed by atoms with Crippen molar-refractivity contribution in [1.82, 2.24) is 9.55 Å². The van der Waals surface area contributed by atoms with E-state index in [1.165, 1.54) is 0 Å². The topological polar surface area (TPSA) is 17.8 Å². The first-order valence-electron chi connectivity index (χ1n) is 7.02. The zero-order valence-corrected chi connectivity index (χ0v) is 15.4. The second kappa shape index (κ2) is 7.39. The maximum atomic E-state index is 6.17. The van der Waals surface area contributed by atoms with Crippen molar-refractivity contribution in [2.75, 3.05) is 5.75 Å². The predicted octanol–water partition coefficient (Wildman–Crippen LogP) is 6.23. The fourth-order valence-electron chi connectivity index (χ4n) is 2.26. The summed E-state index contributed by atoms with van der Waals surface area (Å²) in [6, 6.07) is 16.0. The van der Waals surface area contributed by atoms with Crippen molar-refractivity contribution < 1.29 is 0 Å². The van der Waals surface area contributed by atoms with Crippen molar-refractivity contribution in [2.24, 2.45) is 0 Å². The third-order valence-corrected chi connectivity index (χ3v) is 4.98. The molecule has 0 aliphatic heterocycles. The molecule has 2 aromatic carbocycles. The molecule has 0 amide bonds. The molecule has 2 nitrogen and oxygen atoms in total. The van der Waals surface area contributed by atoms with Gasteiger partial charge in [-0.05, 0) is 30.3 Å². The highest BCUT2D eigenvalue weighted by Crippen LogP contribution is 2.31. The molecule has 5 heteroatoms. The van der Waals surface area contributed by atoms with E-state index < -0.39 is 0 Å². The molecular formula is C18H14BrClN2S. The molecule has 23 heavy (non-hydrogen) atoms. The van der Waals surface area contributed by atoms with Gasteiger partial charge in [-0.25, -0.2) is 4.98 Å². The lowest BCUT2D eigenvalue weighted by Gasteiger charge is -2.12. The highest BCUT2D eigenvalue weighted by Gasteiger charge is 2.14. The van der Waals surface area contributed by atoms with Gasteiger partial charge in [-0.2, -0.15) is 0 Å². The van der Waals surface area contributed by atoms with Crippen molar-refractivity contribution in [3.63, 3.8) is 0 Å². The Hall–Kier alpha value is -1.49. The second-order valence-corrected chi connectivity index (χ2v) is 7.19. The standard InChI is InChI=1S/C18H14BrClN2S/c1-2-10-23-18-21-12-17(13-6-8-14(19)9-7-13)22(18)16-5-3-4-15(20)11-16/h2-9,11-12H,1,10H2. The molecule has 0 bridgehead atoms. The van der Waals surface area contributed by atoms with Crippen LogP contribution in [0.4, 0.5) is 0 Å². The summed E-state index contributed by atoms with van der Waals surface area (Å²) in [7, 11) is 0. The quantitative estimate of drug-likeness (QED) is 0.370. The van der Waals surface area contributed by atoms with Crippen LogP contribution in [0, 0.1) is 0 Å². The molecule has 3 rings (SSSR count). The number of thioether (sulfide) groups is 1. The summed E-state index contributed by atoms with van der Waals surface area (Å²) in [6.07, 6.45) is 3.77. The predicted molar refractivity (Wildman–Crippen MR) is 103 cm³/mol. The molecule has 1 aromatic heterocycles. The third-order valence-electron chi connectivity index (χ3n) is 3.27. The molecule has 0 radical (unpaired) electrons. The van der Waals surface area contributed by atoms with Crippen LogP contribution in [0.5, 0.6) is 0 Å². The maximum absolute atomic E-state index is 6.17. The lowest BCUT2D eigenvalue weighted by Crippen LogP contribution is -1.99. The van der Waals surface area contributed by atoms with E-state index in [0.29, 0.717) is 5.02 Å². The van der Waals surface area contributed by atoms with Crippen molar-refractivity contribution >= 4 is 39.3 Å². The molecule has 0 spiro atoms. The van der Waals surface area contributed by atoms with E-state index in [9.17, 15) is 0 Å². The Morgan fingerprint density at radius 1 is 1.22 bits per heavy atom. The van der Waals surface area contributed by atoms with Gasteiger partial charge in [0.2, 0.25) is 0 Å². The molecule has 0 atom stereocenters. The number of aromatic nitrogens is 2. The monoisotopic (exact) mass is 404 g/mol. The Labute approximate surface area is 153 Å². The average Bonchev–Trinajstić information content (AvgIpc) is 2.97. The van der Waals surface area contributed by atoms with Crippen molar-refractivity contribution in [2.45, 2.75) is 5.16 Å². The van der Waals surface area contributed by atoms with Gasteiger partial charge in [0.1, 0.15) is 0 Å². The van der Waals surface area contributed by atoms with Gasteiger partial charge >= 0.3 is 0 Å². The van der Waals surface area contributed by atoms with E-state index in [1.807, 2.05) is 48.7 Å². The first-order chi connectivity index (χ1) is 11.2. The van der Waals surface area contributed by atoms with Crippen LogP contribution in [-0.2, 0) is 0 Å². The van der Waals surface area contributed by atoms with Crippen LogP contribution in [-0.4, -0.2) is 15.3 Å². The smallest absolute Gasteiger partial charge is 0.173 e. The first kappa shape index (κ1) is 16.4. The zero-order valence-electron chi connectivity index (χ0n) is 12.2. The van der Waals surface area contributed by atoms with E-state index in [2.05, 4.69) is 44.2 Å². The van der Waals surface area contributed by atoms with Crippen LogP contribution in [0.1, 0.15) is 0 Å². The molecule has 116 valence electrons. The SMILES string of the molecule is C=CCSc1ncc(-c2ccc(Br)cc2)n1-c1cccc(Cl)c1. The second-order valence-electron chi connectivity index (χ2n) is 4.85. The number of nitrogens with zero attached hydrogens (tertiary/aromatic N) is 2. The molecular weight excluding hydrogens is 392 g/mol. The molecule has 0 fully saturated rings. The summed E-state index contributed by atoms with van der Waals surface area (Å²) >= 11 is 11.3. The van der Waals surface area contributed by atoms with Crippen molar-refractivity contribution in [3.8, 4) is 16.9 Å². The summed E-state index contributed by atoms with van der Waals surface area (Å²) in [5, 5.41) is 1.63. The number of benzene rings is 2. The summed E-state index contributed by atoms with van der Waals surface area (Å²) in [5.41, 5.74) is 3.14. The van der Waals surface area contributed by atoms with Gasteiger partial charge in [0.05, 0.1) is 11.9 Å². The van der Waals surface area contributed by atoms with Crippen LogP contribution < -0.4 is 0 Å². The molecule has 0 saturated heterocycles. The molecule has 0 aliphatic carbocycles. The van der Waals surface area contributed by atoms with Crippen LogP contribution in [0.2, 0.25) is 5.02 Å². The lowest BCUT2D eigenvalue weighted by atomic mass is 10.1. The van der Waals surface area contributed by atoms with Gasteiger partial charge in [-0.15, -0.1) is 6.58 Å². The summed E-state index contributed by atoms with van der Waals surface area (Å²) < 4.78 is 3.18. The molecule has 3 aromatic rings. The maximum Gasteiger partial charge on any atom is 0.173 e. The van der Waals surface area contributed by atoms with Crippen LogP contribution >= 0.6 is 39.3 Å². The van der Waals surface area contributed by atoms with E-state index in [4.69, 9.17) is 11.6 Å². The first-order valence-corrected chi connectivity index (χ1v) is 9.18. The Kier molecular flexibility index (Phi) is 5.26. The molecule has 1 heterocycles. The van der Waals surface area contributed by atoms with E-state index >= 15 is 0 Å². The van der Waals surface area contributed by atoms with Crippen molar-refractivity contribution in [3.05, 3.63) is 76.9 Å². The minimum absolute atomic E-state index is 0.706. The van der Waals surface area contributed by atoms with Gasteiger partial charge < -0.3 is 0 Å². The summed E-state index contributed by atoms with van der Waals surface area (Å²) in [5.74, 6) is 0.803.